The summed E-state index contributed by atoms with van der Waals surface area (Å²) in [5.41, 5.74) is 2.41. The van der Waals surface area contributed by atoms with Crippen molar-refractivity contribution in [3.05, 3.63) is 65.7 Å². The van der Waals surface area contributed by atoms with E-state index >= 15 is 0 Å². The second kappa shape index (κ2) is 6.83. The number of anilines is 2. The van der Waals surface area contributed by atoms with E-state index in [1.165, 1.54) is 10.5 Å². The zero-order valence-electron chi connectivity index (χ0n) is 16.8. The number of fused-ring (bicyclic) bond motifs is 5. The van der Waals surface area contributed by atoms with E-state index in [1.807, 2.05) is 6.92 Å². The molecule has 2 aliphatic carbocycles. The Morgan fingerprint density at radius 3 is 2.63 bits per heavy atom. The van der Waals surface area contributed by atoms with Crippen LogP contribution in [-0.2, 0) is 9.59 Å². The highest BCUT2D eigenvalue weighted by atomic mass is 16.5. The maximum absolute atomic E-state index is 13.3. The summed E-state index contributed by atoms with van der Waals surface area (Å²) < 4.78 is 5.20. The predicted molar refractivity (Wildman–Crippen MR) is 112 cm³/mol. The summed E-state index contributed by atoms with van der Waals surface area (Å²) in [5, 5.41) is 2.84. The minimum Gasteiger partial charge on any atom is -0.497 e. The molecule has 5 rings (SSSR count). The Bertz CT molecular complexity index is 1110. The number of para-hydroxylation sites is 1. The van der Waals surface area contributed by atoms with Gasteiger partial charge in [0.1, 0.15) is 5.75 Å². The number of hydrogen-bond acceptors (Lipinski definition) is 4. The van der Waals surface area contributed by atoms with Crippen molar-refractivity contribution in [2.45, 2.75) is 13.3 Å². The highest BCUT2D eigenvalue weighted by molar-refractivity contribution is 6.25. The summed E-state index contributed by atoms with van der Waals surface area (Å²) in [6.07, 6.45) is 3.02. The lowest BCUT2D eigenvalue weighted by Gasteiger charge is -2.20. The van der Waals surface area contributed by atoms with Crippen molar-refractivity contribution < 1.29 is 19.1 Å². The molecule has 1 heterocycles. The second-order valence-corrected chi connectivity index (χ2v) is 8.18. The minimum absolute atomic E-state index is 0.124. The number of imide groups is 1. The first-order chi connectivity index (χ1) is 14.5. The number of nitrogens with zero attached hydrogens (tertiary/aromatic N) is 1. The van der Waals surface area contributed by atoms with Crippen LogP contribution < -0.4 is 15.0 Å². The van der Waals surface area contributed by atoms with Crippen LogP contribution in [0.1, 0.15) is 23.7 Å². The third-order valence-electron chi connectivity index (χ3n) is 6.60. The van der Waals surface area contributed by atoms with E-state index in [0.717, 1.165) is 6.42 Å². The molecule has 152 valence electrons. The number of rotatable bonds is 4. The number of carbonyl (C=O) groups excluding carboxylic acids is 3. The van der Waals surface area contributed by atoms with Gasteiger partial charge in [-0.1, -0.05) is 29.8 Å². The quantitative estimate of drug-likeness (QED) is 0.626. The Kier molecular flexibility index (Phi) is 4.24. The van der Waals surface area contributed by atoms with E-state index in [2.05, 4.69) is 11.4 Å². The molecular weight excluding hydrogens is 380 g/mol. The number of hydrogen-bond donors (Lipinski definition) is 1. The topological polar surface area (TPSA) is 75.7 Å². The van der Waals surface area contributed by atoms with Crippen LogP contribution in [0.5, 0.6) is 5.75 Å². The molecule has 1 aliphatic heterocycles. The van der Waals surface area contributed by atoms with Crippen molar-refractivity contribution in [1.82, 2.24) is 0 Å². The molecule has 3 amide bonds. The van der Waals surface area contributed by atoms with Crippen LogP contribution in [-0.4, -0.2) is 24.8 Å². The summed E-state index contributed by atoms with van der Waals surface area (Å²) in [6, 6.07) is 13.8. The highest BCUT2D eigenvalue weighted by Crippen LogP contribution is 2.56. The number of methoxy groups -OCH3 is 1. The number of allylic oxidation sites excluding steroid dienone is 2. The van der Waals surface area contributed by atoms with Crippen molar-refractivity contribution in [2.24, 2.45) is 23.7 Å². The Morgan fingerprint density at radius 1 is 1.07 bits per heavy atom. The Labute approximate surface area is 174 Å². The number of amides is 3. The first kappa shape index (κ1) is 18.6. The van der Waals surface area contributed by atoms with Crippen molar-refractivity contribution in [2.75, 3.05) is 17.3 Å². The standard InChI is InChI=1S/C24H22N2O4/c1-13-10-14-11-18(13)21-20(14)23(28)26(24(21)29)19-9-4-3-8-17(19)22(27)25-15-6-5-7-16(12-15)30-2/h3-10,12,14,18,20-21H,11H2,1-2H3,(H,25,27)/t14-,18+,20+,21-/m0/s1. The minimum atomic E-state index is -0.381. The normalized spacial score (nSPS) is 26.6. The molecule has 2 aromatic carbocycles. The lowest BCUT2D eigenvalue weighted by atomic mass is 9.82. The zero-order chi connectivity index (χ0) is 21.0. The molecule has 3 aliphatic rings. The molecule has 0 unspecified atom stereocenters. The molecule has 0 spiro atoms. The van der Waals surface area contributed by atoms with Crippen LogP contribution in [0.3, 0.4) is 0 Å². The van der Waals surface area contributed by atoms with E-state index in [9.17, 15) is 14.4 Å². The van der Waals surface area contributed by atoms with Gasteiger partial charge in [0.2, 0.25) is 11.8 Å². The van der Waals surface area contributed by atoms with Gasteiger partial charge in [-0.25, -0.2) is 4.90 Å². The fourth-order valence-electron chi connectivity index (χ4n) is 5.27. The highest BCUT2D eigenvalue weighted by Gasteiger charge is 2.61. The smallest absolute Gasteiger partial charge is 0.257 e. The third kappa shape index (κ3) is 2.67. The van der Waals surface area contributed by atoms with Crippen LogP contribution in [0.25, 0.3) is 0 Å². The van der Waals surface area contributed by atoms with Gasteiger partial charge in [0, 0.05) is 11.8 Å². The summed E-state index contributed by atoms with van der Waals surface area (Å²) >= 11 is 0. The van der Waals surface area contributed by atoms with Crippen molar-refractivity contribution in [1.29, 1.82) is 0 Å². The van der Waals surface area contributed by atoms with Gasteiger partial charge in [0.15, 0.2) is 0 Å². The van der Waals surface area contributed by atoms with Crippen LogP contribution in [0.4, 0.5) is 11.4 Å². The fraction of sp³-hybridized carbons (Fsp3) is 0.292. The van der Waals surface area contributed by atoms with E-state index in [-0.39, 0.29) is 41.4 Å². The SMILES string of the molecule is COc1cccc(NC(=O)c2ccccc2N2C(=O)[C@@H]3[C@H](C2=O)[C@H]2C=C(C)[C@H]3C2)c1. The lowest BCUT2D eigenvalue weighted by molar-refractivity contribution is -0.123. The molecule has 0 aromatic heterocycles. The molecular formula is C24H22N2O4. The number of carbonyl (C=O) groups is 3. The molecule has 6 nitrogen and oxygen atoms in total. The summed E-state index contributed by atoms with van der Waals surface area (Å²) in [5.74, 6) is -0.485. The number of ether oxygens (including phenoxy) is 1. The van der Waals surface area contributed by atoms with Crippen LogP contribution in [0, 0.1) is 23.7 Å². The van der Waals surface area contributed by atoms with Crippen LogP contribution in [0.15, 0.2) is 60.2 Å². The molecule has 2 aromatic rings. The predicted octanol–water partition coefficient (Wildman–Crippen LogP) is 3.65. The molecule has 4 atom stereocenters. The monoisotopic (exact) mass is 402 g/mol. The van der Waals surface area contributed by atoms with E-state index in [1.54, 1.807) is 55.6 Å². The molecule has 1 saturated carbocycles. The van der Waals surface area contributed by atoms with Crippen molar-refractivity contribution in [3.8, 4) is 5.75 Å². The van der Waals surface area contributed by atoms with Gasteiger partial charge >= 0.3 is 0 Å². The van der Waals surface area contributed by atoms with Gasteiger partial charge in [-0.3, -0.25) is 14.4 Å². The molecule has 2 fully saturated rings. The van der Waals surface area contributed by atoms with Gasteiger partial charge in [-0.2, -0.15) is 0 Å². The van der Waals surface area contributed by atoms with Gasteiger partial charge in [-0.05, 0) is 49.4 Å². The second-order valence-electron chi connectivity index (χ2n) is 8.18. The van der Waals surface area contributed by atoms with Gasteiger partial charge in [0.05, 0.1) is 30.2 Å². The number of benzene rings is 2. The zero-order valence-corrected chi connectivity index (χ0v) is 16.8. The molecule has 2 bridgehead atoms. The lowest BCUT2D eigenvalue weighted by Crippen LogP contribution is -2.34. The van der Waals surface area contributed by atoms with Gasteiger partial charge in [0.25, 0.3) is 5.91 Å². The Hall–Kier alpha value is -3.41. The van der Waals surface area contributed by atoms with Gasteiger partial charge < -0.3 is 10.1 Å². The Morgan fingerprint density at radius 2 is 1.83 bits per heavy atom. The average Bonchev–Trinajstić information content (AvgIpc) is 3.38. The first-order valence-electron chi connectivity index (χ1n) is 10.1. The maximum atomic E-state index is 13.3. The molecule has 6 heteroatoms. The fourth-order valence-corrected chi connectivity index (χ4v) is 5.27. The van der Waals surface area contributed by atoms with Crippen molar-refractivity contribution >= 4 is 29.1 Å². The summed E-state index contributed by atoms with van der Waals surface area (Å²) in [6.45, 7) is 2.04. The largest absolute Gasteiger partial charge is 0.497 e. The van der Waals surface area contributed by atoms with Crippen LogP contribution in [0.2, 0.25) is 0 Å². The molecule has 1 N–H and O–H groups in total. The summed E-state index contributed by atoms with van der Waals surface area (Å²) in [4.78, 5) is 40.8. The Balaban J connectivity index is 1.46. The molecule has 0 radical (unpaired) electrons. The molecule has 30 heavy (non-hydrogen) atoms. The van der Waals surface area contributed by atoms with E-state index in [4.69, 9.17) is 4.74 Å². The van der Waals surface area contributed by atoms with E-state index in [0.29, 0.717) is 22.7 Å². The summed E-state index contributed by atoms with van der Waals surface area (Å²) in [7, 11) is 1.56. The maximum Gasteiger partial charge on any atom is 0.257 e. The van der Waals surface area contributed by atoms with Crippen molar-refractivity contribution in [3.63, 3.8) is 0 Å². The van der Waals surface area contributed by atoms with Crippen LogP contribution >= 0.6 is 0 Å². The number of nitrogens with one attached hydrogen (secondary N) is 1. The third-order valence-corrected chi connectivity index (χ3v) is 6.60. The first-order valence-corrected chi connectivity index (χ1v) is 10.1. The molecule has 1 saturated heterocycles. The van der Waals surface area contributed by atoms with E-state index < -0.39 is 0 Å². The van der Waals surface area contributed by atoms with Gasteiger partial charge in [-0.15, -0.1) is 0 Å². The average molecular weight is 402 g/mol.